The highest BCUT2D eigenvalue weighted by Gasteiger charge is 2.31. The molecule has 2 rings (SSSR count). The van der Waals surface area contributed by atoms with Crippen molar-refractivity contribution in [3.05, 3.63) is 94.0 Å². The molecule has 1 amide bonds. The van der Waals surface area contributed by atoms with Gasteiger partial charge >= 0.3 is 7.12 Å². The summed E-state index contributed by atoms with van der Waals surface area (Å²) in [5.74, 6) is -2.41. The van der Waals surface area contributed by atoms with Crippen LogP contribution >= 0.6 is 11.6 Å². The van der Waals surface area contributed by atoms with Crippen molar-refractivity contribution in [2.75, 3.05) is 0 Å². The van der Waals surface area contributed by atoms with Crippen LogP contribution in [0.4, 0.5) is 0 Å². The summed E-state index contributed by atoms with van der Waals surface area (Å²) in [6.07, 6.45) is 5.90. The lowest BCUT2D eigenvalue weighted by Crippen LogP contribution is -2.48. The van der Waals surface area contributed by atoms with Gasteiger partial charge in [0.05, 0.1) is 11.9 Å². The zero-order valence-electron chi connectivity index (χ0n) is 20.0. The number of carbonyl (C=O) groups is 2. The van der Waals surface area contributed by atoms with Crippen LogP contribution in [0, 0.1) is 0 Å². The maximum absolute atomic E-state index is 13.4. The van der Waals surface area contributed by atoms with Crippen LogP contribution in [0.1, 0.15) is 68.3 Å². The molecule has 0 aliphatic carbocycles. The molecular formula is C27H33BClNO4. The van der Waals surface area contributed by atoms with Gasteiger partial charge in [-0.1, -0.05) is 91.2 Å². The molecule has 34 heavy (non-hydrogen) atoms. The lowest BCUT2D eigenvalue weighted by atomic mass is 9.75. The molecule has 0 unspecified atom stereocenters. The average Bonchev–Trinajstić information content (AvgIpc) is 2.84. The van der Waals surface area contributed by atoms with Crippen molar-refractivity contribution in [3.63, 3.8) is 0 Å². The molecule has 3 N–H and O–H groups in total. The van der Waals surface area contributed by atoms with Crippen LogP contribution in [0.2, 0.25) is 5.02 Å². The number of benzene rings is 2. The number of halogens is 1. The van der Waals surface area contributed by atoms with Crippen molar-refractivity contribution < 1.29 is 19.6 Å². The first-order chi connectivity index (χ1) is 16.3. The third kappa shape index (κ3) is 8.28. The number of nitrogens with one attached hydrogen (secondary N) is 1. The Hall–Kier alpha value is -2.67. The standard InChI is InChI=1S/C27H33BClNO4/c1-4-19(5-2)15-20(6-3)16-26(28(33)34)30-27(32)24(22-13-10-14-23(29)17-22)18-25(31)21-11-8-7-9-12-21/h6-15,17,24,26,33-34H,4-5,16,18H2,1-3H3,(H,30,32)/b20-6+/t24-,26-/m0/s1. The Kier molecular flexibility index (Phi) is 11.3. The summed E-state index contributed by atoms with van der Waals surface area (Å²) >= 11 is 6.16. The van der Waals surface area contributed by atoms with Crippen LogP contribution in [-0.4, -0.2) is 34.8 Å². The number of carbonyl (C=O) groups excluding carboxylic acids is 2. The van der Waals surface area contributed by atoms with Gasteiger partial charge in [-0.25, -0.2) is 0 Å². The summed E-state index contributed by atoms with van der Waals surface area (Å²) in [7, 11) is -1.76. The molecule has 0 radical (unpaired) electrons. The molecule has 2 aromatic carbocycles. The van der Waals surface area contributed by atoms with Crippen molar-refractivity contribution >= 4 is 30.4 Å². The average molecular weight is 482 g/mol. The Morgan fingerprint density at radius 3 is 2.26 bits per heavy atom. The molecule has 180 valence electrons. The third-order valence-electron chi connectivity index (χ3n) is 5.86. The molecule has 2 atom stereocenters. The first kappa shape index (κ1) is 27.6. The van der Waals surface area contributed by atoms with Gasteiger partial charge in [0.2, 0.25) is 5.91 Å². The van der Waals surface area contributed by atoms with Crippen molar-refractivity contribution in [1.82, 2.24) is 5.32 Å². The number of allylic oxidation sites excluding steroid dienone is 3. The van der Waals surface area contributed by atoms with E-state index in [9.17, 15) is 19.6 Å². The van der Waals surface area contributed by atoms with Crippen LogP contribution in [0.15, 0.2) is 77.9 Å². The first-order valence-corrected chi connectivity index (χ1v) is 12.0. The fourth-order valence-electron chi connectivity index (χ4n) is 3.76. The summed E-state index contributed by atoms with van der Waals surface area (Å²) in [6, 6.07) is 15.6. The Morgan fingerprint density at radius 2 is 1.71 bits per heavy atom. The molecule has 0 heterocycles. The Morgan fingerprint density at radius 1 is 1.03 bits per heavy atom. The van der Waals surface area contributed by atoms with E-state index in [1.165, 1.54) is 5.57 Å². The van der Waals surface area contributed by atoms with Gasteiger partial charge in [0.25, 0.3) is 0 Å². The lowest BCUT2D eigenvalue weighted by molar-refractivity contribution is -0.123. The Bertz CT molecular complexity index is 1010. The molecule has 2 aromatic rings. The van der Waals surface area contributed by atoms with Gasteiger partial charge in [0, 0.05) is 17.0 Å². The van der Waals surface area contributed by atoms with Gasteiger partial charge in [-0.15, -0.1) is 0 Å². The third-order valence-corrected chi connectivity index (χ3v) is 6.10. The van der Waals surface area contributed by atoms with Crippen LogP contribution < -0.4 is 5.32 Å². The second-order valence-electron chi connectivity index (χ2n) is 8.21. The summed E-state index contributed by atoms with van der Waals surface area (Å²) < 4.78 is 0. The number of hydrogen-bond donors (Lipinski definition) is 3. The highest BCUT2D eigenvalue weighted by Crippen LogP contribution is 2.26. The van der Waals surface area contributed by atoms with Crippen LogP contribution in [0.25, 0.3) is 0 Å². The van der Waals surface area contributed by atoms with Crippen molar-refractivity contribution in [3.8, 4) is 0 Å². The minimum Gasteiger partial charge on any atom is -0.426 e. The summed E-state index contributed by atoms with van der Waals surface area (Å²) in [4.78, 5) is 26.3. The molecule has 0 spiro atoms. The van der Waals surface area contributed by atoms with E-state index < -0.39 is 24.9 Å². The quantitative estimate of drug-likeness (QED) is 0.219. The molecule has 0 aliphatic heterocycles. The Labute approximate surface area is 207 Å². The number of rotatable bonds is 12. The van der Waals surface area contributed by atoms with Gasteiger partial charge in [-0.2, -0.15) is 0 Å². The monoisotopic (exact) mass is 481 g/mol. The van der Waals surface area contributed by atoms with Crippen LogP contribution in [0.3, 0.4) is 0 Å². The second-order valence-corrected chi connectivity index (χ2v) is 8.64. The molecule has 0 aliphatic rings. The van der Waals surface area contributed by atoms with Gasteiger partial charge in [0.1, 0.15) is 0 Å². The van der Waals surface area contributed by atoms with Gasteiger partial charge < -0.3 is 15.4 Å². The first-order valence-electron chi connectivity index (χ1n) is 11.6. The zero-order chi connectivity index (χ0) is 25.1. The highest BCUT2D eigenvalue weighted by atomic mass is 35.5. The molecule has 5 nitrogen and oxygen atoms in total. The van der Waals surface area contributed by atoms with Crippen LogP contribution in [0.5, 0.6) is 0 Å². The molecule has 0 saturated heterocycles. The molecule has 0 saturated carbocycles. The molecule has 0 fully saturated rings. The molecule has 0 bridgehead atoms. The number of ketones is 1. The predicted molar refractivity (Wildman–Crippen MR) is 139 cm³/mol. The predicted octanol–water partition coefficient (Wildman–Crippen LogP) is 5.28. The van der Waals surface area contributed by atoms with Gasteiger partial charge in [0.15, 0.2) is 5.78 Å². The van der Waals surface area contributed by atoms with E-state index >= 15 is 0 Å². The maximum Gasteiger partial charge on any atom is 0.475 e. The van der Waals surface area contributed by atoms with Crippen molar-refractivity contribution in [1.29, 1.82) is 0 Å². The SMILES string of the molecule is C/C=C(\C=C(CC)CC)C[C@H](NC(=O)[C@@H](CC(=O)c1ccccc1)c1cccc(Cl)c1)B(O)O. The maximum atomic E-state index is 13.4. The van der Waals surface area contributed by atoms with Crippen LogP contribution in [-0.2, 0) is 4.79 Å². The van der Waals surface area contributed by atoms with E-state index in [0.717, 1.165) is 18.4 Å². The topological polar surface area (TPSA) is 86.6 Å². The molecule has 7 heteroatoms. The zero-order valence-corrected chi connectivity index (χ0v) is 20.8. The number of Topliss-reactive ketones (excluding diaryl/α,β-unsaturated/α-hetero) is 1. The van der Waals surface area contributed by atoms with Gasteiger partial charge in [-0.3, -0.25) is 9.59 Å². The summed E-state index contributed by atoms with van der Waals surface area (Å²) in [5.41, 5.74) is 3.23. The largest absolute Gasteiger partial charge is 0.475 e. The number of amides is 1. The van der Waals surface area contributed by atoms with Crippen molar-refractivity contribution in [2.45, 2.75) is 58.3 Å². The van der Waals surface area contributed by atoms with Crippen molar-refractivity contribution in [2.24, 2.45) is 0 Å². The molecule has 0 aromatic heterocycles. The van der Waals surface area contributed by atoms with E-state index in [-0.39, 0.29) is 18.6 Å². The van der Waals surface area contributed by atoms with E-state index in [0.29, 0.717) is 16.1 Å². The van der Waals surface area contributed by atoms with E-state index in [2.05, 4.69) is 19.2 Å². The highest BCUT2D eigenvalue weighted by molar-refractivity contribution is 6.43. The summed E-state index contributed by atoms with van der Waals surface area (Å²) in [6.45, 7) is 6.02. The minimum atomic E-state index is -1.76. The minimum absolute atomic E-state index is 0.0728. The fraction of sp³-hybridized carbons (Fsp3) is 0.333. The van der Waals surface area contributed by atoms with E-state index in [1.807, 2.05) is 25.1 Å². The normalized spacial score (nSPS) is 13.1. The number of hydrogen-bond acceptors (Lipinski definition) is 4. The van der Waals surface area contributed by atoms with E-state index in [1.54, 1.807) is 48.5 Å². The second kappa shape index (κ2) is 13.9. The lowest BCUT2D eigenvalue weighted by Gasteiger charge is -2.23. The Balaban J connectivity index is 2.29. The fourth-order valence-corrected chi connectivity index (χ4v) is 3.96. The molecular weight excluding hydrogens is 449 g/mol. The van der Waals surface area contributed by atoms with Gasteiger partial charge in [-0.05, 0) is 43.9 Å². The summed E-state index contributed by atoms with van der Waals surface area (Å²) in [5, 5.41) is 23.2. The van der Waals surface area contributed by atoms with E-state index in [4.69, 9.17) is 11.6 Å². The smallest absolute Gasteiger partial charge is 0.426 e.